The predicted octanol–water partition coefficient (Wildman–Crippen LogP) is 2.10. The zero-order valence-electron chi connectivity index (χ0n) is 11.3. The van der Waals surface area contributed by atoms with Gasteiger partial charge in [-0.2, -0.15) is 0 Å². The van der Waals surface area contributed by atoms with Crippen LogP contribution in [0.5, 0.6) is 0 Å². The van der Waals surface area contributed by atoms with Gasteiger partial charge in [0.05, 0.1) is 27.9 Å². The Labute approximate surface area is 121 Å². The van der Waals surface area contributed by atoms with E-state index in [9.17, 15) is 0 Å². The summed E-state index contributed by atoms with van der Waals surface area (Å²) in [6, 6.07) is 0. The average Bonchev–Trinajstić information content (AvgIpc) is 2.93. The predicted molar refractivity (Wildman–Crippen MR) is 80.6 cm³/mol. The number of thiazole rings is 2. The molecule has 0 bridgehead atoms. The number of nitrogen functional groups attached to an aromatic ring is 1. The molecule has 2 heterocycles. The molecule has 19 heavy (non-hydrogen) atoms. The second-order valence-corrected chi connectivity index (χ2v) is 6.41. The first-order valence-corrected chi connectivity index (χ1v) is 7.63. The van der Waals surface area contributed by atoms with Gasteiger partial charge in [-0.3, -0.25) is 0 Å². The number of hydrogen-bond donors (Lipinski definition) is 1. The number of ether oxygens (including phenoxy) is 1. The smallest absolute Gasteiger partial charge is 0.180 e. The van der Waals surface area contributed by atoms with Crippen LogP contribution in [-0.2, 0) is 17.8 Å². The number of aromatic nitrogens is 2. The van der Waals surface area contributed by atoms with E-state index >= 15 is 0 Å². The van der Waals surface area contributed by atoms with Crippen molar-refractivity contribution in [1.82, 2.24) is 14.9 Å². The monoisotopic (exact) mass is 298 g/mol. The quantitative estimate of drug-likeness (QED) is 0.885. The van der Waals surface area contributed by atoms with Crippen LogP contribution in [0.4, 0.5) is 5.13 Å². The third-order valence-electron chi connectivity index (χ3n) is 2.55. The van der Waals surface area contributed by atoms with Gasteiger partial charge in [0.25, 0.3) is 0 Å². The van der Waals surface area contributed by atoms with Crippen LogP contribution in [-0.4, -0.2) is 42.6 Å². The van der Waals surface area contributed by atoms with Crippen molar-refractivity contribution in [1.29, 1.82) is 0 Å². The molecule has 2 aromatic rings. The minimum absolute atomic E-state index is 0.505. The van der Waals surface area contributed by atoms with Crippen LogP contribution in [0.2, 0.25) is 0 Å². The highest BCUT2D eigenvalue weighted by Crippen LogP contribution is 2.32. The molecular formula is C12H18N4OS2. The van der Waals surface area contributed by atoms with Crippen LogP contribution in [0.1, 0.15) is 10.7 Å². The number of nitrogens with two attached hydrogens (primary N) is 1. The normalized spacial score (nSPS) is 11.4. The number of rotatable bonds is 6. The number of nitrogens with zero attached hydrogens (tertiary/aromatic N) is 3. The third-order valence-corrected chi connectivity index (χ3v) is 4.40. The zero-order valence-corrected chi connectivity index (χ0v) is 13.0. The lowest BCUT2D eigenvalue weighted by atomic mass is 10.3. The molecule has 104 valence electrons. The molecule has 2 N–H and O–H groups in total. The third kappa shape index (κ3) is 3.73. The Morgan fingerprint density at radius 2 is 2.16 bits per heavy atom. The fourth-order valence-corrected chi connectivity index (χ4v) is 3.30. The SMILES string of the molecule is COCc1nc(CCN(C)C)sc1-c1csc(N)n1. The summed E-state index contributed by atoms with van der Waals surface area (Å²) in [6.07, 6.45) is 0.938. The van der Waals surface area contributed by atoms with Crippen molar-refractivity contribution in [3.8, 4) is 10.6 Å². The van der Waals surface area contributed by atoms with E-state index in [-0.39, 0.29) is 0 Å². The summed E-state index contributed by atoms with van der Waals surface area (Å²) in [6.45, 7) is 1.49. The Kier molecular flexibility index (Phi) is 4.87. The summed E-state index contributed by atoms with van der Waals surface area (Å²) in [7, 11) is 5.80. The van der Waals surface area contributed by atoms with Crippen molar-refractivity contribution >= 4 is 27.8 Å². The van der Waals surface area contributed by atoms with Crippen molar-refractivity contribution in [3.05, 3.63) is 16.1 Å². The van der Waals surface area contributed by atoms with E-state index in [0.29, 0.717) is 11.7 Å². The highest BCUT2D eigenvalue weighted by molar-refractivity contribution is 7.16. The lowest BCUT2D eigenvalue weighted by Crippen LogP contribution is -2.14. The van der Waals surface area contributed by atoms with Crippen LogP contribution in [0.15, 0.2) is 5.38 Å². The van der Waals surface area contributed by atoms with Crippen LogP contribution in [0.25, 0.3) is 10.6 Å². The lowest BCUT2D eigenvalue weighted by Gasteiger charge is -2.06. The molecule has 5 nitrogen and oxygen atoms in total. The minimum atomic E-state index is 0.505. The van der Waals surface area contributed by atoms with Gasteiger partial charge in [0.2, 0.25) is 0 Å². The first-order chi connectivity index (χ1) is 9.10. The van der Waals surface area contributed by atoms with Crippen LogP contribution in [0, 0.1) is 0 Å². The van der Waals surface area contributed by atoms with E-state index in [0.717, 1.165) is 34.2 Å². The molecule has 0 saturated heterocycles. The van der Waals surface area contributed by atoms with Crippen molar-refractivity contribution in [2.45, 2.75) is 13.0 Å². The first kappa shape index (κ1) is 14.4. The maximum Gasteiger partial charge on any atom is 0.180 e. The second kappa shape index (κ2) is 6.42. The molecule has 0 unspecified atom stereocenters. The molecule has 2 rings (SSSR count). The molecule has 7 heteroatoms. The summed E-state index contributed by atoms with van der Waals surface area (Å²) in [4.78, 5) is 12.2. The number of hydrogen-bond acceptors (Lipinski definition) is 7. The molecule has 0 radical (unpaired) electrons. The average molecular weight is 298 g/mol. The van der Waals surface area contributed by atoms with E-state index < -0.39 is 0 Å². The largest absolute Gasteiger partial charge is 0.378 e. The molecule has 0 amide bonds. The summed E-state index contributed by atoms with van der Waals surface area (Å²) in [5.41, 5.74) is 7.56. The lowest BCUT2D eigenvalue weighted by molar-refractivity contribution is 0.182. The molecule has 0 saturated carbocycles. The molecule has 0 atom stereocenters. The van der Waals surface area contributed by atoms with Crippen molar-refractivity contribution in [2.24, 2.45) is 0 Å². The van der Waals surface area contributed by atoms with Crippen LogP contribution in [0.3, 0.4) is 0 Å². The van der Waals surface area contributed by atoms with Crippen LogP contribution >= 0.6 is 22.7 Å². The van der Waals surface area contributed by atoms with Gasteiger partial charge in [0, 0.05) is 25.5 Å². The molecule has 0 aliphatic heterocycles. The molecule has 0 fully saturated rings. The Hall–Kier alpha value is -1.02. The van der Waals surface area contributed by atoms with Gasteiger partial charge in [-0.15, -0.1) is 22.7 Å². The van der Waals surface area contributed by atoms with Gasteiger partial charge in [-0.05, 0) is 14.1 Å². The van der Waals surface area contributed by atoms with Gasteiger partial charge in [-0.25, -0.2) is 9.97 Å². The van der Waals surface area contributed by atoms with Gasteiger partial charge in [0.15, 0.2) is 5.13 Å². The Bertz CT molecular complexity index is 536. The maximum atomic E-state index is 5.70. The Balaban J connectivity index is 2.25. The minimum Gasteiger partial charge on any atom is -0.378 e. The fraction of sp³-hybridized carbons (Fsp3) is 0.500. The fourth-order valence-electron chi connectivity index (χ4n) is 1.65. The number of likely N-dealkylation sites (N-methyl/N-ethyl adjacent to an activating group) is 1. The number of anilines is 1. The molecular weight excluding hydrogens is 280 g/mol. The molecule has 0 aliphatic rings. The van der Waals surface area contributed by atoms with E-state index in [1.54, 1.807) is 18.4 Å². The Morgan fingerprint density at radius 3 is 2.74 bits per heavy atom. The zero-order chi connectivity index (χ0) is 13.8. The first-order valence-electron chi connectivity index (χ1n) is 5.93. The summed E-state index contributed by atoms with van der Waals surface area (Å²) < 4.78 is 5.21. The maximum absolute atomic E-state index is 5.70. The standard InChI is InChI=1S/C12H18N4OS2/c1-16(2)5-4-10-14-8(6-17-3)11(19-10)9-7-18-12(13)15-9/h7H,4-6H2,1-3H3,(H2,13,15). The Morgan fingerprint density at radius 1 is 1.37 bits per heavy atom. The highest BCUT2D eigenvalue weighted by atomic mass is 32.1. The van der Waals surface area contributed by atoms with Crippen molar-refractivity contribution in [2.75, 3.05) is 33.5 Å². The van der Waals surface area contributed by atoms with E-state index in [4.69, 9.17) is 10.5 Å². The molecule has 0 spiro atoms. The van der Waals surface area contributed by atoms with Gasteiger partial charge in [-0.1, -0.05) is 0 Å². The van der Waals surface area contributed by atoms with Crippen molar-refractivity contribution in [3.63, 3.8) is 0 Å². The van der Waals surface area contributed by atoms with E-state index in [1.165, 1.54) is 11.3 Å². The molecule has 0 aromatic carbocycles. The van der Waals surface area contributed by atoms with Gasteiger partial charge >= 0.3 is 0 Å². The van der Waals surface area contributed by atoms with Crippen LogP contribution < -0.4 is 5.73 Å². The summed E-state index contributed by atoms with van der Waals surface area (Å²) in [5, 5.41) is 3.67. The summed E-state index contributed by atoms with van der Waals surface area (Å²) in [5.74, 6) is 0. The summed E-state index contributed by atoms with van der Waals surface area (Å²) >= 11 is 3.13. The van der Waals surface area contributed by atoms with Gasteiger partial charge < -0.3 is 15.4 Å². The molecule has 0 aliphatic carbocycles. The van der Waals surface area contributed by atoms with E-state index in [1.807, 2.05) is 5.38 Å². The van der Waals surface area contributed by atoms with E-state index in [2.05, 4.69) is 29.0 Å². The number of methoxy groups -OCH3 is 1. The topological polar surface area (TPSA) is 64.3 Å². The second-order valence-electron chi connectivity index (χ2n) is 4.44. The van der Waals surface area contributed by atoms with Gasteiger partial charge in [0.1, 0.15) is 0 Å². The van der Waals surface area contributed by atoms with Crippen molar-refractivity contribution < 1.29 is 4.74 Å². The molecule has 2 aromatic heterocycles. The highest BCUT2D eigenvalue weighted by Gasteiger charge is 2.15.